The monoisotopic (exact) mass is 99.1 g/mol. The topological polar surface area (TPSA) is 48.2 Å². The van der Waals surface area contributed by atoms with Crippen LogP contribution in [-0.4, -0.2) is 19.2 Å². The maximum Gasteiger partial charge on any atom is 0.214 e. The van der Waals surface area contributed by atoms with Gasteiger partial charge in [0.05, 0.1) is 0 Å². The SMILES string of the molecule is C/C=N/C(=N)NC. The van der Waals surface area contributed by atoms with Crippen LogP contribution in [0.5, 0.6) is 0 Å². The molecule has 0 spiro atoms. The fourth-order valence-corrected chi connectivity index (χ4v) is 0.194. The fourth-order valence-electron chi connectivity index (χ4n) is 0.194. The van der Waals surface area contributed by atoms with Crippen molar-refractivity contribution >= 4 is 12.2 Å². The van der Waals surface area contributed by atoms with E-state index < -0.39 is 0 Å². The molecule has 0 bridgehead atoms. The maximum absolute atomic E-state index is 6.83. The summed E-state index contributed by atoms with van der Waals surface area (Å²) in [5, 5.41) is 9.38. The number of nitrogens with zero attached hydrogens (tertiary/aromatic N) is 1. The summed E-state index contributed by atoms with van der Waals surface area (Å²) in [7, 11) is 1.66. The summed E-state index contributed by atoms with van der Waals surface area (Å²) in [6, 6.07) is 0. The molecule has 0 amide bonds. The van der Waals surface area contributed by atoms with Crippen LogP contribution < -0.4 is 5.32 Å². The van der Waals surface area contributed by atoms with Gasteiger partial charge in [-0.3, -0.25) is 5.41 Å². The molecule has 0 aliphatic heterocycles. The normalized spacial score (nSPS) is 9.43. The van der Waals surface area contributed by atoms with Crippen molar-refractivity contribution in [3.8, 4) is 0 Å². The molecule has 0 fully saturated rings. The number of hydrogen-bond acceptors (Lipinski definition) is 1. The summed E-state index contributed by atoms with van der Waals surface area (Å²) in [6.45, 7) is 1.77. The lowest BCUT2D eigenvalue weighted by atomic mass is 10.8. The van der Waals surface area contributed by atoms with Crippen molar-refractivity contribution in [2.45, 2.75) is 6.92 Å². The van der Waals surface area contributed by atoms with Gasteiger partial charge in [-0.05, 0) is 6.92 Å². The van der Waals surface area contributed by atoms with Gasteiger partial charge in [-0.1, -0.05) is 0 Å². The van der Waals surface area contributed by atoms with Crippen molar-refractivity contribution in [3.63, 3.8) is 0 Å². The second-order valence-electron chi connectivity index (χ2n) is 0.986. The van der Waals surface area contributed by atoms with E-state index in [4.69, 9.17) is 5.41 Å². The van der Waals surface area contributed by atoms with Gasteiger partial charge in [0.15, 0.2) is 0 Å². The molecule has 0 aliphatic carbocycles. The van der Waals surface area contributed by atoms with Crippen molar-refractivity contribution in [2.24, 2.45) is 4.99 Å². The number of hydrogen-bond donors (Lipinski definition) is 2. The molecule has 2 N–H and O–H groups in total. The van der Waals surface area contributed by atoms with Crippen LogP contribution in [-0.2, 0) is 0 Å². The molecule has 0 saturated heterocycles. The molecule has 3 heteroatoms. The van der Waals surface area contributed by atoms with E-state index >= 15 is 0 Å². The van der Waals surface area contributed by atoms with E-state index in [1.807, 2.05) is 0 Å². The molecule has 0 rings (SSSR count). The minimum atomic E-state index is 0.197. The maximum atomic E-state index is 6.83. The van der Waals surface area contributed by atoms with Crippen LogP contribution in [0, 0.1) is 5.41 Å². The van der Waals surface area contributed by atoms with Gasteiger partial charge in [-0.2, -0.15) is 0 Å². The number of nitrogens with one attached hydrogen (secondary N) is 2. The number of aliphatic imine (C=N–C) groups is 1. The second-order valence-corrected chi connectivity index (χ2v) is 0.986. The predicted molar refractivity (Wildman–Crippen MR) is 31.0 cm³/mol. The Morgan fingerprint density at radius 3 is 2.57 bits per heavy atom. The van der Waals surface area contributed by atoms with Crippen LogP contribution in [0.2, 0.25) is 0 Å². The summed E-state index contributed by atoms with van der Waals surface area (Å²) < 4.78 is 0. The van der Waals surface area contributed by atoms with E-state index in [-0.39, 0.29) is 5.96 Å². The highest BCUT2D eigenvalue weighted by molar-refractivity contribution is 5.84. The first-order chi connectivity index (χ1) is 3.31. The van der Waals surface area contributed by atoms with Gasteiger partial charge < -0.3 is 5.32 Å². The molecular weight excluding hydrogens is 90.1 g/mol. The van der Waals surface area contributed by atoms with E-state index in [0.29, 0.717) is 0 Å². The molecule has 0 atom stereocenters. The Morgan fingerprint density at radius 2 is 2.43 bits per heavy atom. The van der Waals surface area contributed by atoms with Crippen LogP contribution in [0.1, 0.15) is 6.92 Å². The van der Waals surface area contributed by atoms with E-state index in [2.05, 4.69) is 10.3 Å². The van der Waals surface area contributed by atoms with Crippen LogP contribution in [0.15, 0.2) is 4.99 Å². The van der Waals surface area contributed by atoms with Gasteiger partial charge in [0.1, 0.15) is 0 Å². The average molecular weight is 99.1 g/mol. The van der Waals surface area contributed by atoms with Crippen LogP contribution in [0.25, 0.3) is 0 Å². The summed E-state index contributed by atoms with van der Waals surface area (Å²) >= 11 is 0. The molecular formula is C4H9N3. The van der Waals surface area contributed by atoms with Gasteiger partial charge >= 0.3 is 0 Å². The molecule has 0 aromatic rings. The quantitative estimate of drug-likeness (QED) is 0.331. The van der Waals surface area contributed by atoms with Gasteiger partial charge in [-0.15, -0.1) is 0 Å². The number of rotatable bonds is 0. The highest BCUT2D eigenvalue weighted by atomic mass is 15.1. The van der Waals surface area contributed by atoms with Gasteiger partial charge in [0.25, 0.3) is 0 Å². The fraction of sp³-hybridized carbons (Fsp3) is 0.500. The molecule has 40 valence electrons. The lowest BCUT2D eigenvalue weighted by molar-refractivity contribution is 1.12. The van der Waals surface area contributed by atoms with E-state index in [0.717, 1.165) is 0 Å². The molecule has 7 heavy (non-hydrogen) atoms. The van der Waals surface area contributed by atoms with Crippen LogP contribution >= 0.6 is 0 Å². The molecule has 0 radical (unpaired) electrons. The molecule has 0 aromatic carbocycles. The lowest BCUT2D eigenvalue weighted by Gasteiger charge is -1.88. The third-order valence-electron chi connectivity index (χ3n) is 0.495. The standard InChI is InChI=1S/C4H9N3/c1-3-7-4(5)6-2/h3H,1-2H3,(H2,5,6)/b7-3+. The molecule has 3 nitrogen and oxygen atoms in total. The van der Waals surface area contributed by atoms with Crippen molar-refractivity contribution in [1.29, 1.82) is 5.41 Å². The van der Waals surface area contributed by atoms with Crippen molar-refractivity contribution < 1.29 is 0 Å². The Morgan fingerprint density at radius 1 is 1.86 bits per heavy atom. The Kier molecular flexibility index (Phi) is 2.92. The highest BCUT2D eigenvalue weighted by Crippen LogP contribution is 1.61. The second kappa shape index (κ2) is 3.33. The van der Waals surface area contributed by atoms with Crippen LogP contribution in [0.4, 0.5) is 0 Å². The van der Waals surface area contributed by atoms with Gasteiger partial charge in [0, 0.05) is 13.3 Å². The van der Waals surface area contributed by atoms with E-state index in [1.54, 1.807) is 20.2 Å². The minimum Gasteiger partial charge on any atom is -0.358 e. The Bertz CT molecular complexity index is 84.9. The summed E-state index contributed by atoms with van der Waals surface area (Å²) in [5.74, 6) is 0.197. The average Bonchev–Trinajstić information content (AvgIpc) is 1.68. The van der Waals surface area contributed by atoms with Gasteiger partial charge in [-0.25, -0.2) is 4.99 Å². The molecule has 0 unspecified atom stereocenters. The minimum absolute atomic E-state index is 0.197. The highest BCUT2D eigenvalue weighted by Gasteiger charge is 1.76. The molecule has 0 aromatic heterocycles. The largest absolute Gasteiger partial charge is 0.358 e. The summed E-state index contributed by atoms with van der Waals surface area (Å²) in [6.07, 6.45) is 1.57. The van der Waals surface area contributed by atoms with E-state index in [1.165, 1.54) is 0 Å². The first-order valence-corrected chi connectivity index (χ1v) is 2.06. The molecule has 0 aliphatic rings. The Labute approximate surface area is 43.0 Å². The van der Waals surface area contributed by atoms with Crippen LogP contribution in [0.3, 0.4) is 0 Å². The Balaban J connectivity index is 3.37. The smallest absolute Gasteiger partial charge is 0.214 e. The lowest BCUT2D eigenvalue weighted by Crippen LogP contribution is -2.13. The summed E-state index contributed by atoms with van der Waals surface area (Å²) in [5.41, 5.74) is 0. The summed E-state index contributed by atoms with van der Waals surface area (Å²) in [4.78, 5) is 3.59. The third-order valence-corrected chi connectivity index (χ3v) is 0.495. The first-order valence-electron chi connectivity index (χ1n) is 2.06. The van der Waals surface area contributed by atoms with Gasteiger partial charge in [0.2, 0.25) is 5.96 Å². The van der Waals surface area contributed by atoms with Crippen molar-refractivity contribution in [2.75, 3.05) is 7.05 Å². The Hall–Kier alpha value is -0.860. The zero-order valence-electron chi connectivity index (χ0n) is 4.52. The van der Waals surface area contributed by atoms with Crippen molar-refractivity contribution in [1.82, 2.24) is 5.32 Å². The third kappa shape index (κ3) is 2.96. The number of guanidine groups is 1. The molecule has 0 heterocycles. The predicted octanol–water partition coefficient (Wildman–Crippen LogP) is 0.231. The zero-order valence-corrected chi connectivity index (χ0v) is 4.52. The first kappa shape index (κ1) is 6.14. The van der Waals surface area contributed by atoms with Crippen molar-refractivity contribution in [3.05, 3.63) is 0 Å². The van der Waals surface area contributed by atoms with E-state index in [9.17, 15) is 0 Å². The zero-order chi connectivity index (χ0) is 5.70. The molecule has 0 saturated carbocycles.